The summed E-state index contributed by atoms with van der Waals surface area (Å²) in [7, 11) is 0. The van der Waals surface area contributed by atoms with Gasteiger partial charge in [0.2, 0.25) is 0 Å². The Labute approximate surface area is 657 Å². The fraction of sp³-hybridized carbons (Fsp3) is 0. The zero-order valence-corrected chi connectivity index (χ0v) is 61.7. The number of hydrogen-bond donors (Lipinski definition) is 0. The minimum atomic E-state index is 0.542. The number of hydrogen-bond acceptors (Lipinski definition) is 15. The molecule has 113 heavy (non-hydrogen) atoms. The van der Waals surface area contributed by atoms with Crippen molar-refractivity contribution in [2.45, 2.75) is 9.79 Å². The smallest absolute Gasteiger partial charge is 0.194 e. The van der Waals surface area contributed by atoms with E-state index in [1.807, 2.05) is 285 Å². The molecule has 14 aromatic carbocycles. The van der Waals surface area contributed by atoms with Crippen LogP contribution in [0.3, 0.4) is 0 Å². The summed E-state index contributed by atoms with van der Waals surface area (Å²) in [5.74, 6) is 7.11. The van der Waals surface area contributed by atoms with Crippen molar-refractivity contribution in [3.63, 3.8) is 0 Å². The zero-order valence-electron chi connectivity index (χ0n) is 60.1. The molecule has 0 N–H and O–H groups in total. The van der Waals surface area contributed by atoms with Crippen LogP contribution in [0.15, 0.2) is 372 Å². The summed E-state index contributed by atoms with van der Waals surface area (Å²) in [5.41, 5.74) is 14.8. The van der Waals surface area contributed by atoms with Crippen LogP contribution in [0, 0.1) is 6.57 Å². The Hall–Kier alpha value is -15.0. The van der Waals surface area contributed by atoms with E-state index in [4.69, 9.17) is 70.8 Å². The van der Waals surface area contributed by atoms with Crippen LogP contribution in [0.2, 0.25) is 0 Å². The molecule has 20 aromatic rings. The highest BCUT2D eigenvalue weighted by atomic mass is 32.2. The molecular weight excluding hydrogens is 1430 g/mol. The molecule has 6 aromatic heterocycles. The Morgan fingerprint density at radius 1 is 0.257 bits per heavy atom. The van der Waals surface area contributed by atoms with Gasteiger partial charge in [0.05, 0.1) is 12.1 Å². The second-order valence-electron chi connectivity index (χ2n) is 26.5. The lowest BCUT2D eigenvalue weighted by atomic mass is 10.0. The van der Waals surface area contributed by atoms with Crippen molar-refractivity contribution < 1.29 is 4.42 Å². The molecule has 0 fully saturated rings. The van der Waals surface area contributed by atoms with Gasteiger partial charge >= 0.3 is 0 Å². The average Bonchev–Trinajstić information content (AvgIpc) is 1.59. The summed E-state index contributed by atoms with van der Waals surface area (Å²) in [6.45, 7) is 7.64. The third-order valence-electron chi connectivity index (χ3n) is 19.3. The summed E-state index contributed by atoms with van der Waals surface area (Å²) < 4.78 is 8.57. The largest absolute Gasteiger partial charge is 0.455 e. The first-order valence-corrected chi connectivity index (χ1v) is 38.2. The fourth-order valence-corrected chi connectivity index (χ4v) is 16.1. The molecule has 0 aliphatic rings. The van der Waals surface area contributed by atoms with Gasteiger partial charge in [-0.25, -0.2) is 64.7 Å². The number of rotatable bonds is 15. The number of aromatic nitrogens is 12. The maximum atomic E-state index is 7.64. The molecule has 0 aliphatic heterocycles. The van der Waals surface area contributed by atoms with Crippen LogP contribution in [-0.4, -0.2) is 59.8 Å². The topological polar surface area (TPSA) is 172 Å². The van der Waals surface area contributed by atoms with Crippen molar-refractivity contribution in [2.24, 2.45) is 0 Å². The highest BCUT2D eigenvalue weighted by Crippen LogP contribution is 2.45. The van der Waals surface area contributed by atoms with Crippen molar-refractivity contribution >= 4 is 70.9 Å². The van der Waals surface area contributed by atoms with Crippen LogP contribution in [-0.2, 0) is 0 Å². The summed E-state index contributed by atoms with van der Waals surface area (Å²) >= 11 is 3.35. The number of nitrogens with zero attached hydrogens (tertiary/aromatic N) is 13. The standard InChI is InChI=1S/C49H29N7S.C48H30N6OS/c1-50-40-25-12-11-21-36(40)31-27-29-35(30-28-31)47-52-44(32-15-5-2-6-16-32)53-48(54-47)38-23-14-26-41-42(38)37-22-13-24-39(43(37)57-41)49-55-45(33-17-7-3-8-18-33)51-46(56-49)34-19-9-4-10-20-34;1-4-16-31(17-5-1)43-49-44(32-18-6-2-7-19-32)52-47(51-43)38-25-11-13-29-41(38)56-35-23-14-22-34(30-35)46-50-45(33-20-8-3-9-21-33)53-48(54-46)39-27-15-26-37-36-24-10-12-28-40(36)55-42(37)39/h2-30H;1-30H. The van der Waals surface area contributed by atoms with Crippen molar-refractivity contribution in [1.29, 1.82) is 0 Å². The van der Waals surface area contributed by atoms with Crippen molar-refractivity contribution in [2.75, 3.05) is 0 Å². The van der Waals surface area contributed by atoms with E-state index in [1.54, 1.807) is 23.1 Å². The zero-order chi connectivity index (χ0) is 75.4. The first kappa shape index (κ1) is 68.5. The molecule has 0 aliphatic carbocycles. The Kier molecular flexibility index (Phi) is 18.5. The summed E-state index contributed by atoms with van der Waals surface area (Å²) in [5, 5.41) is 4.19. The predicted octanol–water partition coefficient (Wildman–Crippen LogP) is 24.8. The molecule has 14 nitrogen and oxygen atoms in total. The number of furan rings is 1. The van der Waals surface area contributed by atoms with E-state index in [9.17, 15) is 0 Å². The molecule has 16 heteroatoms. The quantitative estimate of drug-likeness (QED) is 0.0887. The number of thiophene rings is 1. The van der Waals surface area contributed by atoms with Gasteiger partial charge in [-0.1, -0.05) is 327 Å². The molecule has 0 unspecified atom stereocenters. The molecule has 530 valence electrons. The first-order chi connectivity index (χ1) is 55.9. The second kappa shape index (κ2) is 30.6. The molecule has 0 atom stereocenters. The molecule has 0 bridgehead atoms. The van der Waals surface area contributed by atoms with Gasteiger partial charge in [0.25, 0.3) is 0 Å². The van der Waals surface area contributed by atoms with Gasteiger partial charge in [0.1, 0.15) is 11.2 Å². The highest BCUT2D eigenvalue weighted by molar-refractivity contribution is 7.99. The minimum Gasteiger partial charge on any atom is -0.455 e. The molecule has 0 saturated carbocycles. The van der Waals surface area contributed by atoms with E-state index < -0.39 is 0 Å². The molecule has 20 rings (SSSR count). The number of benzene rings is 14. The maximum absolute atomic E-state index is 7.64. The van der Waals surface area contributed by atoms with Gasteiger partial charge in [-0.05, 0) is 53.6 Å². The van der Waals surface area contributed by atoms with Gasteiger partial charge in [0.15, 0.2) is 75.6 Å². The average molecular weight is 1490 g/mol. The number of para-hydroxylation sites is 3. The van der Waals surface area contributed by atoms with Crippen molar-refractivity contribution in [3.8, 4) is 148 Å². The van der Waals surface area contributed by atoms with Crippen molar-refractivity contribution in [3.05, 3.63) is 369 Å². The first-order valence-electron chi connectivity index (χ1n) is 36.6. The van der Waals surface area contributed by atoms with Crippen LogP contribution in [0.25, 0.3) is 195 Å². The third kappa shape index (κ3) is 14.0. The van der Waals surface area contributed by atoms with E-state index >= 15 is 0 Å². The van der Waals surface area contributed by atoms with Crippen LogP contribution < -0.4 is 0 Å². The SMILES string of the molecule is [C-]#[N+]c1ccccc1-c1ccc(-c2nc(-c3ccccc3)nc(-c3cccc4sc5c(-c6nc(-c7ccccc7)nc(-c7ccccc7)n6)cccc5c34)n2)cc1.c1ccc(-c2nc(-c3ccccc3)nc(-c3ccccc3Sc3cccc(-c4nc(-c5ccccc5)nc(-c5cccc6c5oc5ccccc56)n4)c3)n2)cc1. The monoisotopic (exact) mass is 1490 g/mol. The molecular formula is C97H59N13OS2. The van der Waals surface area contributed by atoms with E-state index in [0.717, 1.165) is 130 Å². The van der Waals surface area contributed by atoms with E-state index in [-0.39, 0.29) is 0 Å². The second-order valence-corrected chi connectivity index (χ2v) is 28.7. The van der Waals surface area contributed by atoms with Gasteiger partial charge in [-0.15, -0.1) is 11.3 Å². The highest BCUT2D eigenvalue weighted by Gasteiger charge is 2.24. The summed E-state index contributed by atoms with van der Waals surface area (Å²) in [4.78, 5) is 66.1. The lowest BCUT2D eigenvalue weighted by Crippen LogP contribution is -2.01. The lowest BCUT2D eigenvalue weighted by Gasteiger charge is -2.12. The Morgan fingerprint density at radius 3 is 1.12 bits per heavy atom. The third-order valence-corrected chi connectivity index (χ3v) is 21.6. The fourth-order valence-electron chi connectivity index (χ4n) is 13.9. The summed E-state index contributed by atoms with van der Waals surface area (Å²) in [6.07, 6.45) is 0. The molecule has 0 radical (unpaired) electrons. The van der Waals surface area contributed by atoms with Crippen LogP contribution >= 0.6 is 23.1 Å². The van der Waals surface area contributed by atoms with Crippen molar-refractivity contribution in [1.82, 2.24) is 59.8 Å². The summed E-state index contributed by atoms with van der Waals surface area (Å²) in [6, 6.07) is 119. The number of fused-ring (bicyclic) bond motifs is 6. The van der Waals surface area contributed by atoms with Crippen LogP contribution in [0.4, 0.5) is 5.69 Å². The molecule has 0 amide bonds. The predicted molar refractivity (Wildman–Crippen MR) is 454 cm³/mol. The van der Waals surface area contributed by atoms with Crippen LogP contribution in [0.5, 0.6) is 0 Å². The van der Waals surface area contributed by atoms with E-state index in [0.29, 0.717) is 75.6 Å². The minimum absolute atomic E-state index is 0.542. The van der Waals surface area contributed by atoms with Gasteiger partial charge in [-0.3, -0.25) is 0 Å². The maximum Gasteiger partial charge on any atom is 0.194 e. The Balaban J connectivity index is 0.000000152. The molecule has 6 heterocycles. The molecule has 0 saturated heterocycles. The van der Waals surface area contributed by atoms with Gasteiger partial charge < -0.3 is 4.42 Å². The van der Waals surface area contributed by atoms with E-state index in [2.05, 4.69) is 77.6 Å². The molecule has 0 spiro atoms. The van der Waals surface area contributed by atoms with Crippen LogP contribution in [0.1, 0.15) is 0 Å². The van der Waals surface area contributed by atoms with E-state index in [1.165, 1.54) is 0 Å². The normalized spacial score (nSPS) is 11.2. The lowest BCUT2D eigenvalue weighted by molar-refractivity contribution is 0.669. The van der Waals surface area contributed by atoms with Gasteiger partial charge in [-0.2, -0.15) is 0 Å². The Morgan fingerprint density at radius 2 is 0.602 bits per heavy atom. The Bertz CT molecular complexity index is 6860. The van der Waals surface area contributed by atoms with Gasteiger partial charge in [0, 0.05) is 102 Å².